The summed E-state index contributed by atoms with van der Waals surface area (Å²) in [6.45, 7) is 8.00. The molecule has 1 aliphatic heterocycles. The number of ether oxygens (including phenoxy) is 1. The van der Waals surface area contributed by atoms with Crippen LogP contribution in [0.2, 0.25) is 0 Å². The van der Waals surface area contributed by atoms with Crippen molar-refractivity contribution in [3.8, 4) is 0 Å². The number of sulfone groups is 1. The molecular formula is C19H35N3O3S. The molecule has 1 aromatic heterocycles. The topological polar surface area (TPSA) is 64.4 Å². The van der Waals surface area contributed by atoms with E-state index in [1.807, 2.05) is 18.4 Å². The third kappa shape index (κ3) is 6.35. The molecule has 2 rings (SSSR count). The number of hydrogen-bond acceptors (Lipinski definition) is 5. The average molecular weight is 386 g/mol. The van der Waals surface area contributed by atoms with Gasteiger partial charge in [0.2, 0.25) is 15.0 Å². The number of rotatable bonds is 9. The number of methoxy groups -OCH3 is 1. The van der Waals surface area contributed by atoms with E-state index in [4.69, 9.17) is 4.74 Å². The molecule has 1 saturated heterocycles. The molecule has 0 saturated carbocycles. The SMILES string of the molecule is COCCn1c(CN2CCCCCCC2)cnc1S(=O)(=O)CCC(C)C. The Bertz CT molecular complexity index is 632. The van der Waals surface area contributed by atoms with Crippen molar-refractivity contribution in [1.82, 2.24) is 14.5 Å². The highest BCUT2D eigenvalue weighted by Gasteiger charge is 2.24. The second-order valence-corrected chi connectivity index (χ2v) is 9.72. The van der Waals surface area contributed by atoms with E-state index in [-0.39, 0.29) is 10.9 Å². The third-order valence-electron chi connectivity index (χ3n) is 5.00. The van der Waals surface area contributed by atoms with Crippen LogP contribution in [-0.4, -0.2) is 55.4 Å². The second-order valence-electron chi connectivity index (χ2n) is 7.72. The van der Waals surface area contributed by atoms with E-state index < -0.39 is 9.84 Å². The Morgan fingerprint density at radius 2 is 1.81 bits per heavy atom. The van der Waals surface area contributed by atoms with Crippen LogP contribution in [0.15, 0.2) is 11.4 Å². The van der Waals surface area contributed by atoms with Crippen molar-refractivity contribution in [3.05, 3.63) is 11.9 Å². The molecule has 26 heavy (non-hydrogen) atoms. The van der Waals surface area contributed by atoms with Gasteiger partial charge in [0, 0.05) is 20.2 Å². The van der Waals surface area contributed by atoms with Crippen LogP contribution in [0.3, 0.4) is 0 Å². The first kappa shape index (κ1) is 21.4. The van der Waals surface area contributed by atoms with Crippen molar-refractivity contribution in [2.24, 2.45) is 5.92 Å². The summed E-state index contributed by atoms with van der Waals surface area (Å²) in [7, 11) is -1.73. The molecule has 0 atom stereocenters. The molecule has 0 bridgehead atoms. The van der Waals surface area contributed by atoms with Crippen molar-refractivity contribution in [3.63, 3.8) is 0 Å². The van der Waals surface area contributed by atoms with E-state index in [1.54, 1.807) is 13.3 Å². The highest BCUT2D eigenvalue weighted by molar-refractivity contribution is 7.91. The molecule has 6 nitrogen and oxygen atoms in total. The molecule has 0 aliphatic carbocycles. The Morgan fingerprint density at radius 3 is 2.42 bits per heavy atom. The summed E-state index contributed by atoms with van der Waals surface area (Å²) in [5.74, 6) is 0.505. The summed E-state index contributed by atoms with van der Waals surface area (Å²) >= 11 is 0. The van der Waals surface area contributed by atoms with Gasteiger partial charge in [-0.2, -0.15) is 0 Å². The number of likely N-dealkylation sites (tertiary alicyclic amines) is 1. The zero-order valence-electron chi connectivity index (χ0n) is 16.6. The van der Waals surface area contributed by atoms with Gasteiger partial charge in [-0.1, -0.05) is 33.1 Å². The summed E-state index contributed by atoms with van der Waals surface area (Å²) < 4.78 is 32.6. The number of aromatic nitrogens is 2. The quantitative estimate of drug-likeness (QED) is 0.653. The predicted molar refractivity (Wildman–Crippen MR) is 104 cm³/mol. The maximum absolute atomic E-state index is 12.8. The minimum atomic E-state index is -3.37. The molecule has 0 spiro atoms. The van der Waals surface area contributed by atoms with Crippen LogP contribution in [-0.2, 0) is 27.7 Å². The smallest absolute Gasteiger partial charge is 0.227 e. The Labute approximate surface area is 158 Å². The zero-order valence-corrected chi connectivity index (χ0v) is 17.4. The van der Waals surface area contributed by atoms with E-state index in [0.29, 0.717) is 25.5 Å². The largest absolute Gasteiger partial charge is 0.383 e. The molecular weight excluding hydrogens is 350 g/mol. The zero-order chi connectivity index (χ0) is 19.0. The normalized spacial score (nSPS) is 17.4. The number of nitrogens with zero attached hydrogens (tertiary/aromatic N) is 3. The number of imidazole rings is 1. The van der Waals surface area contributed by atoms with Gasteiger partial charge in [-0.25, -0.2) is 13.4 Å². The van der Waals surface area contributed by atoms with Gasteiger partial charge in [0.1, 0.15) is 0 Å². The lowest BCUT2D eigenvalue weighted by Gasteiger charge is -2.25. The Balaban J connectivity index is 2.18. The first-order valence-electron chi connectivity index (χ1n) is 9.92. The highest BCUT2D eigenvalue weighted by atomic mass is 32.2. The van der Waals surface area contributed by atoms with E-state index in [0.717, 1.165) is 25.3 Å². The minimum Gasteiger partial charge on any atom is -0.383 e. The van der Waals surface area contributed by atoms with Crippen LogP contribution in [0.4, 0.5) is 0 Å². The summed E-state index contributed by atoms with van der Waals surface area (Å²) in [5.41, 5.74) is 0.978. The van der Waals surface area contributed by atoms with Gasteiger partial charge < -0.3 is 9.30 Å². The fraction of sp³-hybridized carbons (Fsp3) is 0.842. The van der Waals surface area contributed by atoms with Gasteiger partial charge >= 0.3 is 0 Å². The van der Waals surface area contributed by atoms with Gasteiger partial charge in [-0.05, 0) is 38.3 Å². The van der Waals surface area contributed by atoms with Gasteiger partial charge in [-0.15, -0.1) is 0 Å². The monoisotopic (exact) mass is 385 g/mol. The van der Waals surface area contributed by atoms with Crippen LogP contribution in [0.5, 0.6) is 0 Å². The average Bonchev–Trinajstić information content (AvgIpc) is 2.97. The maximum atomic E-state index is 12.8. The molecule has 7 heteroatoms. The first-order chi connectivity index (χ1) is 12.4. The second kappa shape index (κ2) is 10.4. The van der Waals surface area contributed by atoms with Crippen molar-refractivity contribution in [2.45, 2.75) is 70.6 Å². The summed E-state index contributed by atoms with van der Waals surface area (Å²) in [6, 6.07) is 0. The van der Waals surface area contributed by atoms with Gasteiger partial charge in [-0.3, -0.25) is 4.90 Å². The molecule has 2 heterocycles. The molecule has 1 fully saturated rings. The third-order valence-corrected chi connectivity index (χ3v) is 6.65. The van der Waals surface area contributed by atoms with Gasteiger partial charge in [0.15, 0.2) is 0 Å². The lowest BCUT2D eigenvalue weighted by atomic mass is 10.1. The molecule has 1 aromatic rings. The minimum absolute atomic E-state index is 0.151. The van der Waals surface area contributed by atoms with Crippen molar-refractivity contribution >= 4 is 9.84 Å². The Kier molecular flexibility index (Phi) is 8.57. The highest BCUT2D eigenvalue weighted by Crippen LogP contribution is 2.19. The molecule has 0 N–H and O–H groups in total. The standard InChI is InChI=1S/C19H35N3O3S/c1-17(2)9-14-26(23,24)19-20-15-18(22(19)12-13-25-3)16-21-10-7-5-4-6-8-11-21/h15,17H,4-14,16H2,1-3H3. The van der Waals surface area contributed by atoms with E-state index in [9.17, 15) is 8.42 Å². The van der Waals surface area contributed by atoms with Crippen molar-refractivity contribution < 1.29 is 13.2 Å². The van der Waals surface area contributed by atoms with E-state index in [1.165, 1.54) is 32.1 Å². The van der Waals surface area contributed by atoms with Crippen LogP contribution >= 0.6 is 0 Å². The molecule has 0 radical (unpaired) electrons. The fourth-order valence-corrected chi connectivity index (χ4v) is 5.09. The summed E-state index contributed by atoms with van der Waals surface area (Å²) in [4.78, 5) is 6.75. The Morgan fingerprint density at radius 1 is 1.15 bits per heavy atom. The van der Waals surface area contributed by atoms with E-state index in [2.05, 4.69) is 9.88 Å². The molecule has 150 valence electrons. The molecule has 0 unspecified atom stereocenters. The summed E-state index contributed by atoms with van der Waals surface area (Å²) in [5, 5.41) is 0.206. The van der Waals surface area contributed by atoms with Gasteiger partial charge in [0.05, 0.1) is 24.3 Å². The van der Waals surface area contributed by atoms with Crippen LogP contribution in [0, 0.1) is 5.92 Å². The summed E-state index contributed by atoms with van der Waals surface area (Å²) in [6.07, 6.45) is 8.73. The van der Waals surface area contributed by atoms with Crippen molar-refractivity contribution in [2.75, 3.05) is 32.6 Å². The fourth-order valence-electron chi connectivity index (χ4n) is 3.37. The van der Waals surface area contributed by atoms with Crippen LogP contribution in [0.1, 0.15) is 58.1 Å². The molecule has 0 amide bonds. The maximum Gasteiger partial charge on any atom is 0.227 e. The molecule has 1 aliphatic rings. The lowest BCUT2D eigenvalue weighted by Crippen LogP contribution is -2.28. The lowest BCUT2D eigenvalue weighted by molar-refractivity contribution is 0.180. The van der Waals surface area contributed by atoms with Crippen molar-refractivity contribution in [1.29, 1.82) is 0 Å². The van der Waals surface area contributed by atoms with Crippen LogP contribution in [0.25, 0.3) is 0 Å². The first-order valence-corrected chi connectivity index (χ1v) is 11.6. The Hall–Kier alpha value is -0.920. The van der Waals surface area contributed by atoms with Gasteiger partial charge in [0.25, 0.3) is 0 Å². The molecule has 0 aromatic carbocycles. The number of hydrogen-bond donors (Lipinski definition) is 0. The van der Waals surface area contributed by atoms with E-state index >= 15 is 0 Å². The van der Waals surface area contributed by atoms with Crippen LogP contribution < -0.4 is 0 Å². The predicted octanol–water partition coefficient (Wildman–Crippen LogP) is 3.12.